The summed E-state index contributed by atoms with van der Waals surface area (Å²) < 4.78 is 0. The van der Waals surface area contributed by atoms with Crippen LogP contribution in [0.25, 0.3) is 10.9 Å². The molecule has 4 rings (SSSR count). The Labute approximate surface area is 141 Å². The van der Waals surface area contributed by atoms with Crippen LogP contribution in [0.5, 0.6) is 0 Å². The van der Waals surface area contributed by atoms with Crippen LogP contribution in [0.15, 0.2) is 24.5 Å². The predicted octanol–water partition coefficient (Wildman–Crippen LogP) is 3.22. The van der Waals surface area contributed by atoms with E-state index in [2.05, 4.69) is 20.2 Å². The molecule has 2 N–H and O–H groups in total. The molecule has 0 aliphatic carbocycles. The summed E-state index contributed by atoms with van der Waals surface area (Å²) in [6.45, 7) is 1.26. The highest BCUT2D eigenvalue weighted by molar-refractivity contribution is 6.39. The van der Waals surface area contributed by atoms with Crippen molar-refractivity contribution in [3.8, 4) is 0 Å². The lowest BCUT2D eigenvalue weighted by molar-refractivity contribution is 0.0786. The van der Waals surface area contributed by atoms with Crippen molar-refractivity contribution in [2.75, 3.05) is 13.1 Å². The summed E-state index contributed by atoms with van der Waals surface area (Å²) in [6, 6.07) is 5.34. The second-order valence-electron chi connectivity index (χ2n) is 5.61. The highest BCUT2D eigenvalue weighted by Crippen LogP contribution is 2.32. The number of aromatic amines is 2. The Balaban J connectivity index is 1.61. The molecule has 1 atom stereocenters. The molecule has 118 valence electrons. The number of nitrogens with zero attached hydrogens (tertiary/aromatic N) is 3. The molecule has 6 nitrogen and oxygen atoms in total. The number of H-pyrrole nitrogens is 2. The largest absolute Gasteiger partial charge is 0.349 e. The van der Waals surface area contributed by atoms with Crippen molar-refractivity contribution in [3.63, 3.8) is 0 Å². The molecule has 0 saturated carbocycles. The summed E-state index contributed by atoms with van der Waals surface area (Å²) in [7, 11) is 0. The molecule has 2 aromatic heterocycles. The second-order valence-corrected chi connectivity index (χ2v) is 6.43. The minimum absolute atomic E-state index is 0.107. The van der Waals surface area contributed by atoms with Gasteiger partial charge in [-0.1, -0.05) is 23.2 Å². The first-order valence-corrected chi connectivity index (χ1v) is 8.00. The number of carbonyl (C=O) groups is 1. The van der Waals surface area contributed by atoms with Crippen LogP contribution in [0.2, 0.25) is 10.0 Å². The maximum Gasteiger partial charge on any atom is 0.271 e. The fourth-order valence-electron chi connectivity index (χ4n) is 3.02. The van der Waals surface area contributed by atoms with Gasteiger partial charge >= 0.3 is 0 Å². The number of benzene rings is 1. The van der Waals surface area contributed by atoms with Gasteiger partial charge in [0.15, 0.2) is 0 Å². The molecular formula is C15H13Cl2N5O. The fourth-order valence-corrected chi connectivity index (χ4v) is 3.47. The van der Waals surface area contributed by atoms with E-state index >= 15 is 0 Å². The number of aromatic nitrogens is 4. The van der Waals surface area contributed by atoms with Gasteiger partial charge in [-0.25, -0.2) is 4.98 Å². The van der Waals surface area contributed by atoms with Gasteiger partial charge in [0.05, 0.1) is 5.02 Å². The van der Waals surface area contributed by atoms with Crippen LogP contribution < -0.4 is 0 Å². The molecule has 3 aromatic rings. The van der Waals surface area contributed by atoms with Gasteiger partial charge in [0.1, 0.15) is 17.8 Å². The number of likely N-dealkylation sites (tertiary alicyclic amines) is 1. The normalized spacial score (nSPS) is 18.0. The van der Waals surface area contributed by atoms with E-state index in [0.29, 0.717) is 28.8 Å². The summed E-state index contributed by atoms with van der Waals surface area (Å²) in [6.07, 6.45) is 2.34. The van der Waals surface area contributed by atoms with Crippen LogP contribution >= 0.6 is 23.2 Å². The number of halogens is 2. The quantitative estimate of drug-likeness (QED) is 0.745. The van der Waals surface area contributed by atoms with Crippen molar-refractivity contribution < 1.29 is 4.79 Å². The van der Waals surface area contributed by atoms with E-state index in [1.807, 2.05) is 6.07 Å². The Morgan fingerprint density at radius 3 is 3.00 bits per heavy atom. The van der Waals surface area contributed by atoms with Crippen molar-refractivity contribution in [1.29, 1.82) is 0 Å². The van der Waals surface area contributed by atoms with Crippen LogP contribution in [0.1, 0.15) is 28.7 Å². The van der Waals surface area contributed by atoms with Crippen molar-refractivity contribution in [2.45, 2.75) is 12.3 Å². The van der Waals surface area contributed by atoms with E-state index in [1.54, 1.807) is 17.0 Å². The zero-order valence-corrected chi connectivity index (χ0v) is 13.5. The number of hydrogen-bond acceptors (Lipinski definition) is 3. The average Bonchev–Trinajstić information content (AvgIpc) is 3.26. The lowest BCUT2D eigenvalue weighted by atomic mass is 10.1. The van der Waals surface area contributed by atoms with Gasteiger partial charge in [-0.15, -0.1) is 0 Å². The summed E-state index contributed by atoms with van der Waals surface area (Å²) >= 11 is 12.4. The van der Waals surface area contributed by atoms with Gasteiger partial charge in [-0.05, 0) is 24.6 Å². The van der Waals surface area contributed by atoms with Crippen molar-refractivity contribution in [3.05, 3.63) is 46.1 Å². The van der Waals surface area contributed by atoms with E-state index in [1.165, 1.54) is 6.33 Å². The summed E-state index contributed by atoms with van der Waals surface area (Å²) in [5.41, 5.74) is 1.20. The standard InChI is InChI=1S/C15H13Cl2N5O/c16-9-1-2-11-10(5-9)12(17)13(20-11)15(23)22-4-3-8(6-22)14-18-7-19-21-14/h1-2,5,7-8,20H,3-4,6H2,(H,18,19,21). The van der Waals surface area contributed by atoms with E-state index < -0.39 is 0 Å². The molecule has 23 heavy (non-hydrogen) atoms. The number of nitrogens with one attached hydrogen (secondary N) is 2. The van der Waals surface area contributed by atoms with Crippen molar-refractivity contribution in [1.82, 2.24) is 25.1 Å². The first-order valence-electron chi connectivity index (χ1n) is 7.24. The number of fused-ring (bicyclic) bond motifs is 1. The minimum Gasteiger partial charge on any atom is -0.349 e. The summed E-state index contributed by atoms with van der Waals surface area (Å²) in [5, 5.41) is 8.49. The van der Waals surface area contributed by atoms with Crippen LogP contribution in [0.4, 0.5) is 0 Å². The SMILES string of the molecule is O=C(c1[nH]c2ccc(Cl)cc2c1Cl)N1CCC(c2ncn[nH]2)C1. The Morgan fingerprint density at radius 2 is 2.22 bits per heavy atom. The maximum atomic E-state index is 12.8. The van der Waals surface area contributed by atoms with Gasteiger partial charge in [0.25, 0.3) is 5.91 Å². The van der Waals surface area contributed by atoms with E-state index in [9.17, 15) is 4.79 Å². The molecule has 0 radical (unpaired) electrons. The van der Waals surface area contributed by atoms with E-state index in [-0.39, 0.29) is 11.8 Å². The molecule has 1 aromatic carbocycles. The maximum absolute atomic E-state index is 12.8. The molecule has 0 bridgehead atoms. The third kappa shape index (κ3) is 2.48. The first-order chi connectivity index (χ1) is 11.1. The molecular weight excluding hydrogens is 337 g/mol. The Morgan fingerprint density at radius 1 is 1.35 bits per heavy atom. The highest BCUT2D eigenvalue weighted by Gasteiger charge is 2.31. The molecule has 1 aliphatic heterocycles. The third-order valence-corrected chi connectivity index (χ3v) is 4.83. The number of amides is 1. The third-order valence-electron chi connectivity index (χ3n) is 4.21. The molecule has 8 heteroatoms. The monoisotopic (exact) mass is 349 g/mol. The number of hydrogen-bond donors (Lipinski definition) is 2. The number of carbonyl (C=O) groups excluding carboxylic acids is 1. The Kier molecular flexibility index (Phi) is 3.50. The zero-order valence-electron chi connectivity index (χ0n) is 12.0. The van der Waals surface area contributed by atoms with Crippen LogP contribution in [-0.4, -0.2) is 44.1 Å². The summed E-state index contributed by atoms with van der Waals surface area (Å²) in [4.78, 5) is 21.8. The molecule has 1 unspecified atom stereocenters. The smallest absolute Gasteiger partial charge is 0.271 e. The summed E-state index contributed by atoms with van der Waals surface area (Å²) in [5.74, 6) is 0.887. The molecule has 1 aliphatic rings. The van der Waals surface area contributed by atoms with Gasteiger partial charge in [0, 0.05) is 34.9 Å². The van der Waals surface area contributed by atoms with Crippen LogP contribution in [-0.2, 0) is 0 Å². The van der Waals surface area contributed by atoms with Crippen molar-refractivity contribution in [2.24, 2.45) is 0 Å². The number of rotatable bonds is 2. The lowest BCUT2D eigenvalue weighted by Crippen LogP contribution is -2.29. The average molecular weight is 350 g/mol. The zero-order chi connectivity index (χ0) is 16.0. The highest BCUT2D eigenvalue weighted by atomic mass is 35.5. The second kappa shape index (κ2) is 5.54. The van der Waals surface area contributed by atoms with Gasteiger partial charge in [-0.3, -0.25) is 9.89 Å². The Hall–Kier alpha value is -2.05. The van der Waals surface area contributed by atoms with Crippen LogP contribution in [0, 0.1) is 0 Å². The molecule has 0 spiro atoms. The van der Waals surface area contributed by atoms with Gasteiger partial charge in [0.2, 0.25) is 0 Å². The molecule has 3 heterocycles. The van der Waals surface area contributed by atoms with Crippen LogP contribution in [0.3, 0.4) is 0 Å². The molecule has 1 fully saturated rings. The molecule has 1 saturated heterocycles. The lowest BCUT2D eigenvalue weighted by Gasteiger charge is -2.15. The fraction of sp³-hybridized carbons (Fsp3) is 0.267. The predicted molar refractivity (Wildman–Crippen MR) is 88.0 cm³/mol. The van der Waals surface area contributed by atoms with E-state index in [0.717, 1.165) is 23.1 Å². The topological polar surface area (TPSA) is 77.7 Å². The van der Waals surface area contributed by atoms with Gasteiger partial charge < -0.3 is 9.88 Å². The van der Waals surface area contributed by atoms with E-state index in [4.69, 9.17) is 23.2 Å². The van der Waals surface area contributed by atoms with Gasteiger partial charge in [-0.2, -0.15) is 5.10 Å². The Bertz CT molecular complexity index is 874. The first kappa shape index (κ1) is 14.5. The molecule has 1 amide bonds. The minimum atomic E-state index is -0.107. The van der Waals surface area contributed by atoms with Crippen molar-refractivity contribution >= 4 is 40.0 Å².